The second kappa shape index (κ2) is 6.58. The van der Waals surface area contributed by atoms with Crippen molar-refractivity contribution < 1.29 is 14.6 Å². The number of hydrogen-bond acceptors (Lipinski definition) is 4. The molecule has 22 heavy (non-hydrogen) atoms. The lowest BCUT2D eigenvalue weighted by Gasteiger charge is -2.24. The molecule has 0 aromatic carbocycles. The van der Waals surface area contributed by atoms with Crippen LogP contribution in [0.2, 0.25) is 5.15 Å². The van der Waals surface area contributed by atoms with E-state index in [-0.39, 0.29) is 10.7 Å². The first-order chi connectivity index (χ1) is 10.3. The molecule has 0 aliphatic heterocycles. The van der Waals surface area contributed by atoms with Crippen molar-refractivity contribution >= 4 is 27.6 Å². The third-order valence-electron chi connectivity index (χ3n) is 2.81. The van der Waals surface area contributed by atoms with Crippen molar-refractivity contribution in [3.8, 4) is 11.7 Å². The van der Waals surface area contributed by atoms with Gasteiger partial charge in [-0.1, -0.05) is 11.6 Å². The summed E-state index contributed by atoms with van der Waals surface area (Å²) in [5, 5.41) is 13.1. The predicted molar refractivity (Wildman–Crippen MR) is 89.1 cm³/mol. The van der Waals surface area contributed by atoms with Crippen molar-refractivity contribution in [1.29, 1.82) is 0 Å². The molecule has 0 amide bonds. The number of nitrogens with zero attached hydrogens (tertiary/aromatic N) is 3. The van der Waals surface area contributed by atoms with Crippen LogP contribution in [-0.2, 0) is 0 Å². The topological polar surface area (TPSA) is 77.2 Å². The molecule has 8 heteroatoms. The number of rotatable bonds is 6. The monoisotopic (exact) mass is 343 g/mol. The maximum Gasteiger partial charge on any atom is 0.338 e. The predicted octanol–water partition coefficient (Wildman–Crippen LogP) is 2.69. The van der Waals surface area contributed by atoms with Crippen LogP contribution >= 0.6 is 21.6 Å². The molecule has 2 heterocycles. The van der Waals surface area contributed by atoms with Crippen molar-refractivity contribution in [1.82, 2.24) is 14.8 Å². The van der Waals surface area contributed by atoms with Gasteiger partial charge in [0.1, 0.15) is 5.15 Å². The molecule has 0 saturated carbocycles. The summed E-state index contributed by atoms with van der Waals surface area (Å²) in [5.74, 6) is 0.824. The van der Waals surface area contributed by atoms with Gasteiger partial charge in [-0.15, -0.1) is 5.10 Å². The summed E-state index contributed by atoms with van der Waals surface area (Å²) < 4.78 is 7.11. The van der Waals surface area contributed by atoms with Gasteiger partial charge in [0.2, 0.25) is 5.88 Å². The fourth-order valence-electron chi connectivity index (χ4n) is 1.62. The van der Waals surface area contributed by atoms with Crippen LogP contribution in [0.25, 0.3) is 5.82 Å². The summed E-state index contributed by atoms with van der Waals surface area (Å²) in [4.78, 5) is 14.9. The summed E-state index contributed by atoms with van der Waals surface area (Å²) in [6.45, 7) is 0.613. The first-order valence-corrected chi connectivity index (χ1v) is 9.91. The van der Waals surface area contributed by atoms with E-state index in [4.69, 9.17) is 21.4 Å². The highest BCUT2D eigenvalue weighted by Crippen LogP contribution is 2.33. The zero-order valence-corrected chi connectivity index (χ0v) is 14.2. The van der Waals surface area contributed by atoms with Gasteiger partial charge in [-0.25, -0.2) is 24.5 Å². The molecule has 1 N–H and O–H groups in total. The fourth-order valence-corrected chi connectivity index (χ4v) is 2.43. The SMILES string of the molecule is CS(C)(C)CCOc1ccn(-c2ccc(C(=O)O)c(Cl)n2)n1. The highest BCUT2D eigenvalue weighted by molar-refractivity contribution is 8.32. The number of carboxylic acid groups (broad SMARTS) is 1. The molecule has 0 spiro atoms. The third-order valence-corrected chi connectivity index (χ3v) is 4.49. The summed E-state index contributed by atoms with van der Waals surface area (Å²) in [7, 11) is -0.603. The van der Waals surface area contributed by atoms with E-state index in [0.29, 0.717) is 18.3 Å². The molecule has 0 unspecified atom stereocenters. The van der Waals surface area contributed by atoms with Crippen LogP contribution in [-0.4, -0.2) is 57.0 Å². The number of pyridine rings is 1. The largest absolute Gasteiger partial charge is 0.478 e. The molecular weight excluding hydrogens is 326 g/mol. The van der Waals surface area contributed by atoms with Crippen molar-refractivity contribution in [2.45, 2.75) is 0 Å². The van der Waals surface area contributed by atoms with E-state index in [2.05, 4.69) is 28.8 Å². The Morgan fingerprint density at radius 2 is 2.09 bits per heavy atom. The maximum atomic E-state index is 10.9. The Kier molecular flexibility index (Phi) is 4.97. The number of hydrogen-bond donors (Lipinski definition) is 1. The summed E-state index contributed by atoms with van der Waals surface area (Å²) in [6.07, 6.45) is 8.37. The van der Waals surface area contributed by atoms with Crippen LogP contribution < -0.4 is 4.74 Å². The number of aromatic carboxylic acids is 1. The molecule has 0 aliphatic rings. The van der Waals surface area contributed by atoms with Gasteiger partial charge >= 0.3 is 5.97 Å². The Labute approximate surface area is 135 Å². The second-order valence-corrected chi connectivity index (χ2v) is 10.5. The summed E-state index contributed by atoms with van der Waals surface area (Å²) in [5.41, 5.74) is -0.0396. The molecule has 0 bridgehead atoms. The number of carboxylic acids is 1. The molecule has 0 fully saturated rings. The van der Waals surface area contributed by atoms with E-state index in [0.717, 1.165) is 5.75 Å². The minimum Gasteiger partial charge on any atom is -0.478 e. The zero-order chi connectivity index (χ0) is 16.3. The molecule has 0 radical (unpaired) electrons. The van der Waals surface area contributed by atoms with Crippen LogP contribution in [0.1, 0.15) is 10.4 Å². The Bertz CT molecular complexity index is 682. The summed E-state index contributed by atoms with van der Waals surface area (Å²) in [6, 6.07) is 4.68. The van der Waals surface area contributed by atoms with Gasteiger partial charge in [0.25, 0.3) is 0 Å². The molecule has 0 saturated heterocycles. The van der Waals surface area contributed by atoms with Crippen molar-refractivity contribution in [3.05, 3.63) is 35.1 Å². The van der Waals surface area contributed by atoms with Gasteiger partial charge in [-0.05, 0) is 30.9 Å². The maximum absolute atomic E-state index is 10.9. The molecule has 2 aromatic rings. The van der Waals surface area contributed by atoms with Crippen LogP contribution in [0.3, 0.4) is 0 Å². The standard InChI is InChI=1S/C14H18ClN3O3S/c1-22(2,3)9-8-21-12-6-7-18(17-12)11-5-4-10(14(19)20)13(15)16-11/h4-7H,8-9H2,1-3H3,(H,19,20). The molecule has 120 valence electrons. The molecule has 0 aliphatic carbocycles. The Balaban J connectivity index is 2.08. The van der Waals surface area contributed by atoms with Crippen molar-refractivity contribution in [2.24, 2.45) is 0 Å². The summed E-state index contributed by atoms with van der Waals surface area (Å²) >= 11 is 5.85. The minimum absolute atomic E-state index is 0.0396. The fraction of sp³-hybridized carbons (Fsp3) is 0.357. The molecular formula is C14H18ClN3O3S. The van der Waals surface area contributed by atoms with E-state index in [1.165, 1.54) is 10.7 Å². The van der Waals surface area contributed by atoms with Crippen LogP contribution in [0, 0.1) is 0 Å². The number of ether oxygens (including phenoxy) is 1. The quantitative estimate of drug-likeness (QED) is 0.816. The van der Waals surface area contributed by atoms with E-state index < -0.39 is 16.0 Å². The lowest BCUT2D eigenvalue weighted by atomic mass is 10.3. The highest BCUT2D eigenvalue weighted by Gasteiger charge is 2.12. The Hall–Kier alpha value is -1.73. The molecule has 0 atom stereocenters. The molecule has 2 aromatic heterocycles. The van der Waals surface area contributed by atoms with Crippen molar-refractivity contribution in [3.63, 3.8) is 0 Å². The Morgan fingerprint density at radius 1 is 1.36 bits per heavy atom. The zero-order valence-electron chi connectivity index (χ0n) is 12.6. The highest BCUT2D eigenvalue weighted by atomic mass is 35.5. The van der Waals surface area contributed by atoms with E-state index in [1.807, 2.05) is 0 Å². The van der Waals surface area contributed by atoms with Gasteiger partial charge in [0.15, 0.2) is 5.82 Å². The van der Waals surface area contributed by atoms with Crippen LogP contribution in [0.4, 0.5) is 0 Å². The first-order valence-electron chi connectivity index (χ1n) is 6.51. The number of carbonyl (C=O) groups is 1. The second-order valence-electron chi connectivity index (χ2n) is 5.55. The lowest BCUT2D eigenvalue weighted by molar-refractivity contribution is 0.0696. The molecule has 6 nitrogen and oxygen atoms in total. The van der Waals surface area contributed by atoms with Gasteiger partial charge < -0.3 is 9.84 Å². The van der Waals surface area contributed by atoms with E-state index in [1.54, 1.807) is 18.3 Å². The first kappa shape index (κ1) is 16.6. The van der Waals surface area contributed by atoms with Gasteiger partial charge in [0.05, 0.1) is 12.2 Å². The van der Waals surface area contributed by atoms with Crippen LogP contribution in [0.5, 0.6) is 5.88 Å². The van der Waals surface area contributed by atoms with Gasteiger partial charge in [-0.3, -0.25) is 0 Å². The average molecular weight is 344 g/mol. The normalized spacial score (nSPS) is 12.2. The lowest BCUT2D eigenvalue weighted by Crippen LogP contribution is -2.09. The number of aromatic nitrogens is 3. The number of halogens is 1. The van der Waals surface area contributed by atoms with E-state index in [9.17, 15) is 4.79 Å². The smallest absolute Gasteiger partial charge is 0.338 e. The van der Waals surface area contributed by atoms with E-state index >= 15 is 0 Å². The minimum atomic E-state index is -1.11. The average Bonchev–Trinajstić information content (AvgIpc) is 2.85. The molecule has 2 rings (SSSR count). The van der Waals surface area contributed by atoms with Gasteiger partial charge in [0, 0.05) is 18.0 Å². The Morgan fingerprint density at radius 3 is 2.68 bits per heavy atom. The van der Waals surface area contributed by atoms with Crippen molar-refractivity contribution in [2.75, 3.05) is 31.1 Å². The van der Waals surface area contributed by atoms with Crippen LogP contribution in [0.15, 0.2) is 24.4 Å². The van der Waals surface area contributed by atoms with Gasteiger partial charge in [-0.2, -0.15) is 0 Å². The third kappa shape index (κ3) is 4.38.